The number of aromatic amines is 1. The lowest BCUT2D eigenvalue weighted by atomic mass is 10.3. The number of H-pyrrole nitrogens is 1. The molecule has 5 heteroatoms. The molecule has 0 unspecified atom stereocenters. The van der Waals surface area contributed by atoms with Gasteiger partial charge >= 0.3 is 5.97 Å². The number of hydrogen-bond donors (Lipinski definition) is 2. The molecule has 60 valence electrons. The van der Waals surface area contributed by atoms with Crippen LogP contribution in [0.15, 0.2) is 5.03 Å². The first-order valence-corrected chi connectivity index (χ1v) is 4.21. The van der Waals surface area contributed by atoms with Crippen molar-refractivity contribution >= 4 is 17.7 Å². The molecule has 0 saturated carbocycles. The molecule has 0 amide bonds. The van der Waals surface area contributed by atoms with Gasteiger partial charge in [0, 0.05) is 5.69 Å². The topological polar surface area (TPSA) is 66.0 Å². The number of nitrogens with one attached hydrogen (secondary N) is 1. The van der Waals surface area contributed by atoms with Crippen LogP contribution in [0.1, 0.15) is 16.1 Å². The minimum atomic E-state index is -0.930. The van der Waals surface area contributed by atoms with Gasteiger partial charge in [-0.1, -0.05) is 0 Å². The Hall–Kier alpha value is -0.970. The summed E-state index contributed by atoms with van der Waals surface area (Å²) in [5.41, 5.74) is 0.874. The van der Waals surface area contributed by atoms with E-state index < -0.39 is 5.97 Å². The highest BCUT2D eigenvalue weighted by Crippen LogP contribution is 2.19. The van der Waals surface area contributed by atoms with Gasteiger partial charge in [-0.3, -0.25) is 5.10 Å². The smallest absolute Gasteiger partial charge is 0.340 e. The normalized spacial score (nSPS) is 10.0. The fourth-order valence-corrected chi connectivity index (χ4v) is 1.39. The van der Waals surface area contributed by atoms with Gasteiger partial charge in [-0.25, -0.2) is 4.79 Å². The highest BCUT2D eigenvalue weighted by molar-refractivity contribution is 7.98. The zero-order valence-electron chi connectivity index (χ0n) is 6.21. The second-order valence-corrected chi connectivity index (χ2v) is 2.83. The third-order valence-electron chi connectivity index (χ3n) is 1.32. The van der Waals surface area contributed by atoms with E-state index in [0.717, 1.165) is 0 Å². The summed E-state index contributed by atoms with van der Waals surface area (Å²) in [6.07, 6.45) is 1.79. The van der Waals surface area contributed by atoms with Gasteiger partial charge in [0.25, 0.3) is 0 Å². The molecule has 0 aliphatic carbocycles. The fraction of sp³-hybridized carbons (Fsp3) is 0.333. The van der Waals surface area contributed by atoms with Crippen molar-refractivity contribution in [2.75, 3.05) is 6.26 Å². The number of hydrogen-bond acceptors (Lipinski definition) is 3. The summed E-state index contributed by atoms with van der Waals surface area (Å²) in [5, 5.41) is 15.7. The number of carbonyl (C=O) groups is 1. The van der Waals surface area contributed by atoms with Crippen LogP contribution in [0.4, 0.5) is 0 Å². The number of rotatable bonds is 2. The molecule has 4 nitrogen and oxygen atoms in total. The molecular weight excluding hydrogens is 164 g/mol. The van der Waals surface area contributed by atoms with E-state index in [1.807, 2.05) is 0 Å². The Kier molecular flexibility index (Phi) is 2.19. The molecule has 0 radical (unpaired) electrons. The molecule has 0 aromatic carbocycles. The van der Waals surface area contributed by atoms with Gasteiger partial charge in [0.2, 0.25) is 0 Å². The van der Waals surface area contributed by atoms with Crippen molar-refractivity contribution in [3.8, 4) is 0 Å². The van der Waals surface area contributed by atoms with E-state index in [1.54, 1.807) is 13.2 Å². The Morgan fingerprint density at radius 2 is 2.36 bits per heavy atom. The lowest BCUT2D eigenvalue weighted by molar-refractivity contribution is 0.0692. The predicted molar refractivity (Wildman–Crippen MR) is 42.1 cm³/mol. The van der Waals surface area contributed by atoms with Crippen molar-refractivity contribution in [2.24, 2.45) is 0 Å². The van der Waals surface area contributed by atoms with E-state index in [4.69, 9.17) is 5.11 Å². The van der Waals surface area contributed by atoms with Crippen LogP contribution in [0.3, 0.4) is 0 Å². The Labute approximate surface area is 68.0 Å². The van der Waals surface area contributed by atoms with Crippen molar-refractivity contribution in [3.63, 3.8) is 0 Å². The van der Waals surface area contributed by atoms with Gasteiger partial charge in [0.05, 0.1) is 0 Å². The molecule has 0 saturated heterocycles. The molecule has 11 heavy (non-hydrogen) atoms. The zero-order valence-corrected chi connectivity index (χ0v) is 7.03. The number of thioether (sulfide) groups is 1. The van der Waals surface area contributed by atoms with Crippen LogP contribution in [0.25, 0.3) is 0 Å². The summed E-state index contributed by atoms with van der Waals surface area (Å²) in [6, 6.07) is 0. The van der Waals surface area contributed by atoms with Crippen LogP contribution in [0.5, 0.6) is 0 Å². The van der Waals surface area contributed by atoms with Crippen LogP contribution in [0.2, 0.25) is 0 Å². The van der Waals surface area contributed by atoms with Gasteiger partial charge < -0.3 is 5.11 Å². The second kappa shape index (κ2) is 2.96. The number of carboxylic acid groups (broad SMARTS) is 1. The van der Waals surface area contributed by atoms with Crippen LogP contribution >= 0.6 is 11.8 Å². The molecule has 0 atom stereocenters. The highest BCUT2D eigenvalue weighted by atomic mass is 32.2. The van der Waals surface area contributed by atoms with Gasteiger partial charge in [-0.05, 0) is 13.2 Å². The molecule has 0 bridgehead atoms. The molecule has 1 aromatic heterocycles. The average Bonchev–Trinajstić information content (AvgIpc) is 2.30. The van der Waals surface area contributed by atoms with Crippen LogP contribution in [0, 0.1) is 6.92 Å². The molecule has 0 spiro atoms. The van der Waals surface area contributed by atoms with Gasteiger partial charge in [-0.2, -0.15) is 5.10 Å². The number of aryl methyl sites for hydroxylation is 1. The van der Waals surface area contributed by atoms with Crippen molar-refractivity contribution in [1.29, 1.82) is 0 Å². The van der Waals surface area contributed by atoms with Crippen LogP contribution < -0.4 is 0 Å². The predicted octanol–water partition coefficient (Wildman–Crippen LogP) is 1.14. The quantitative estimate of drug-likeness (QED) is 0.656. The van der Waals surface area contributed by atoms with Crippen molar-refractivity contribution in [1.82, 2.24) is 10.2 Å². The first kappa shape index (κ1) is 8.13. The van der Waals surface area contributed by atoms with Crippen molar-refractivity contribution in [3.05, 3.63) is 11.3 Å². The third kappa shape index (κ3) is 1.37. The highest BCUT2D eigenvalue weighted by Gasteiger charge is 2.15. The lowest BCUT2D eigenvalue weighted by Gasteiger charge is -1.91. The maximum absolute atomic E-state index is 10.6. The Bertz CT molecular complexity index is 282. The molecule has 1 heterocycles. The van der Waals surface area contributed by atoms with Crippen LogP contribution in [-0.2, 0) is 0 Å². The molecule has 0 fully saturated rings. The molecule has 1 aromatic rings. The van der Waals surface area contributed by atoms with Crippen molar-refractivity contribution in [2.45, 2.75) is 11.9 Å². The number of nitrogens with zero attached hydrogens (tertiary/aromatic N) is 1. The molecular formula is C6H8N2O2S. The van der Waals surface area contributed by atoms with E-state index in [9.17, 15) is 4.79 Å². The zero-order chi connectivity index (χ0) is 8.43. The number of aromatic nitrogens is 2. The average molecular weight is 172 g/mol. The third-order valence-corrected chi connectivity index (χ3v) is 2.00. The van der Waals surface area contributed by atoms with Crippen molar-refractivity contribution < 1.29 is 9.90 Å². The van der Waals surface area contributed by atoms with Crippen LogP contribution in [-0.4, -0.2) is 27.5 Å². The largest absolute Gasteiger partial charge is 0.478 e. The molecule has 1 rings (SSSR count). The van der Waals surface area contributed by atoms with Gasteiger partial charge in [0.1, 0.15) is 10.6 Å². The number of aromatic carboxylic acids is 1. The van der Waals surface area contributed by atoms with E-state index in [1.165, 1.54) is 11.8 Å². The summed E-state index contributed by atoms with van der Waals surface area (Å²) < 4.78 is 0. The standard InChI is InChI=1S/C6H8N2O2S/c1-3-4(6(9)10)5(11-2)8-7-3/h1-2H3,(H,7,8)(H,9,10). The maximum atomic E-state index is 10.6. The molecule has 0 aliphatic heterocycles. The molecule has 2 N–H and O–H groups in total. The maximum Gasteiger partial charge on any atom is 0.340 e. The minimum absolute atomic E-state index is 0.275. The molecule has 0 aliphatic rings. The van der Waals surface area contributed by atoms with Gasteiger partial charge in [0.15, 0.2) is 0 Å². The van der Waals surface area contributed by atoms with E-state index in [0.29, 0.717) is 10.7 Å². The lowest BCUT2D eigenvalue weighted by Crippen LogP contribution is -1.98. The number of carboxylic acids is 1. The Morgan fingerprint density at radius 3 is 2.73 bits per heavy atom. The summed E-state index contributed by atoms with van der Waals surface area (Å²) in [5.74, 6) is -0.930. The first-order valence-electron chi connectivity index (χ1n) is 2.99. The summed E-state index contributed by atoms with van der Waals surface area (Å²) in [7, 11) is 0. The van der Waals surface area contributed by atoms with E-state index >= 15 is 0 Å². The fourth-order valence-electron chi connectivity index (χ4n) is 0.806. The van der Waals surface area contributed by atoms with E-state index in [2.05, 4.69) is 10.2 Å². The van der Waals surface area contributed by atoms with E-state index in [-0.39, 0.29) is 5.56 Å². The Balaban J connectivity index is 3.17. The van der Waals surface area contributed by atoms with Gasteiger partial charge in [-0.15, -0.1) is 11.8 Å². The minimum Gasteiger partial charge on any atom is -0.478 e. The summed E-state index contributed by atoms with van der Waals surface area (Å²) >= 11 is 1.32. The monoisotopic (exact) mass is 172 g/mol. The Morgan fingerprint density at radius 1 is 1.73 bits per heavy atom. The second-order valence-electron chi connectivity index (χ2n) is 2.04. The SMILES string of the molecule is CSc1n[nH]c(C)c1C(=O)O. The summed E-state index contributed by atoms with van der Waals surface area (Å²) in [6.45, 7) is 1.69. The summed E-state index contributed by atoms with van der Waals surface area (Å²) in [4.78, 5) is 10.6. The first-order chi connectivity index (χ1) is 5.16.